The zero-order valence-electron chi connectivity index (χ0n) is 10.3. The Hall–Kier alpha value is -2.08. The molecular formula is C12H18N4O2. The maximum absolute atomic E-state index is 11.5. The van der Waals surface area contributed by atoms with Crippen LogP contribution in [-0.2, 0) is 4.79 Å². The van der Waals surface area contributed by atoms with Crippen LogP contribution in [0.15, 0.2) is 24.3 Å². The van der Waals surface area contributed by atoms with Gasteiger partial charge in [0.15, 0.2) is 0 Å². The van der Waals surface area contributed by atoms with Crippen molar-refractivity contribution in [1.29, 1.82) is 0 Å². The minimum absolute atomic E-state index is 0.0495. The average molecular weight is 250 g/mol. The third-order valence-corrected chi connectivity index (χ3v) is 2.22. The lowest BCUT2D eigenvalue weighted by Crippen LogP contribution is -2.21. The van der Waals surface area contributed by atoms with Gasteiger partial charge in [-0.15, -0.1) is 0 Å². The van der Waals surface area contributed by atoms with Crippen molar-refractivity contribution >= 4 is 23.3 Å². The number of hydrogen-bond donors (Lipinski definition) is 4. The predicted molar refractivity (Wildman–Crippen MR) is 71.4 cm³/mol. The van der Waals surface area contributed by atoms with Crippen molar-refractivity contribution in [2.75, 3.05) is 23.7 Å². The number of urea groups is 1. The number of carbonyl (C=O) groups excluding carboxylic acids is 2. The Labute approximate surface area is 106 Å². The number of amides is 3. The maximum Gasteiger partial charge on any atom is 0.316 e. The van der Waals surface area contributed by atoms with E-state index >= 15 is 0 Å². The summed E-state index contributed by atoms with van der Waals surface area (Å²) in [7, 11) is 0. The van der Waals surface area contributed by atoms with Crippen molar-refractivity contribution in [2.24, 2.45) is 5.73 Å². The Bertz CT molecular complexity index is 403. The lowest BCUT2D eigenvalue weighted by Gasteiger charge is -2.07. The monoisotopic (exact) mass is 250 g/mol. The zero-order valence-corrected chi connectivity index (χ0v) is 10.3. The molecule has 0 bridgehead atoms. The first-order chi connectivity index (χ1) is 8.61. The SMILES string of the molecule is CCNCCC(=O)Nc1ccc(NC(N)=O)cc1. The molecule has 98 valence electrons. The van der Waals surface area contributed by atoms with E-state index in [0.717, 1.165) is 6.54 Å². The fourth-order valence-corrected chi connectivity index (χ4v) is 1.38. The molecule has 0 saturated heterocycles. The lowest BCUT2D eigenvalue weighted by atomic mass is 10.2. The van der Waals surface area contributed by atoms with Gasteiger partial charge < -0.3 is 21.7 Å². The second kappa shape index (κ2) is 7.29. The summed E-state index contributed by atoms with van der Waals surface area (Å²) in [6, 6.07) is 6.14. The fraction of sp³-hybridized carbons (Fsp3) is 0.333. The van der Waals surface area contributed by atoms with Crippen molar-refractivity contribution < 1.29 is 9.59 Å². The quantitative estimate of drug-likeness (QED) is 0.569. The predicted octanol–water partition coefficient (Wildman–Crippen LogP) is 1.12. The molecule has 5 N–H and O–H groups in total. The van der Waals surface area contributed by atoms with Gasteiger partial charge in [0, 0.05) is 24.3 Å². The summed E-state index contributed by atoms with van der Waals surface area (Å²) >= 11 is 0. The van der Waals surface area contributed by atoms with Crippen molar-refractivity contribution in [2.45, 2.75) is 13.3 Å². The highest BCUT2D eigenvalue weighted by atomic mass is 16.2. The standard InChI is InChI=1S/C12H18N4O2/c1-2-14-8-7-11(17)15-9-3-5-10(6-4-9)16-12(13)18/h3-6,14H,2,7-8H2,1H3,(H,15,17)(H3,13,16,18). The second-order valence-corrected chi connectivity index (χ2v) is 3.72. The first-order valence-electron chi connectivity index (χ1n) is 5.79. The highest BCUT2D eigenvalue weighted by Gasteiger charge is 2.02. The summed E-state index contributed by atoms with van der Waals surface area (Å²) in [5, 5.41) is 8.28. The maximum atomic E-state index is 11.5. The Kier molecular flexibility index (Phi) is 5.66. The lowest BCUT2D eigenvalue weighted by molar-refractivity contribution is -0.116. The van der Waals surface area contributed by atoms with Crippen molar-refractivity contribution in [3.05, 3.63) is 24.3 Å². The average Bonchev–Trinajstić information content (AvgIpc) is 2.31. The van der Waals surface area contributed by atoms with E-state index in [1.807, 2.05) is 6.92 Å². The van der Waals surface area contributed by atoms with Crippen LogP contribution in [0.25, 0.3) is 0 Å². The molecule has 0 unspecified atom stereocenters. The van der Waals surface area contributed by atoms with E-state index in [-0.39, 0.29) is 5.91 Å². The van der Waals surface area contributed by atoms with Gasteiger partial charge in [0.1, 0.15) is 0 Å². The molecule has 0 atom stereocenters. The number of anilines is 2. The largest absolute Gasteiger partial charge is 0.351 e. The fourth-order valence-electron chi connectivity index (χ4n) is 1.38. The normalized spacial score (nSPS) is 9.83. The van der Waals surface area contributed by atoms with Gasteiger partial charge in [-0.05, 0) is 30.8 Å². The highest BCUT2D eigenvalue weighted by Crippen LogP contribution is 2.13. The number of nitrogens with two attached hydrogens (primary N) is 1. The smallest absolute Gasteiger partial charge is 0.316 e. The Balaban J connectivity index is 2.43. The first-order valence-corrected chi connectivity index (χ1v) is 5.79. The van der Waals surface area contributed by atoms with Gasteiger partial charge in [0.25, 0.3) is 0 Å². The minimum atomic E-state index is -0.613. The third-order valence-electron chi connectivity index (χ3n) is 2.22. The molecule has 0 aliphatic heterocycles. The van der Waals surface area contributed by atoms with E-state index in [1.165, 1.54) is 0 Å². The molecule has 1 aromatic carbocycles. The van der Waals surface area contributed by atoms with Gasteiger partial charge in [0.2, 0.25) is 5.91 Å². The minimum Gasteiger partial charge on any atom is -0.351 e. The van der Waals surface area contributed by atoms with Gasteiger partial charge >= 0.3 is 6.03 Å². The van der Waals surface area contributed by atoms with Crippen LogP contribution in [0, 0.1) is 0 Å². The van der Waals surface area contributed by atoms with Crippen molar-refractivity contribution in [3.63, 3.8) is 0 Å². The van der Waals surface area contributed by atoms with E-state index in [9.17, 15) is 9.59 Å². The van der Waals surface area contributed by atoms with Crippen LogP contribution in [0.2, 0.25) is 0 Å². The van der Waals surface area contributed by atoms with Gasteiger partial charge in [-0.2, -0.15) is 0 Å². The molecule has 0 aromatic heterocycles. The molecule has 6 heteroatoms. The van der Waals surface area contributed by atoms with Gasteiger partial charge in [0.05, 0.1) is 0 Å². The number of carbonyl (C=O) groups is 2. The van der Waals surface area contributed by atoms with E-state index in [4.69, 9.17) is 5.73 Å². The molecule has 0 aliphatic rings. The first kappa shape index (κ1) is 14.0. The topological polar surface area (TPSA) is 96.2 Å². The second-order valence-electron chi connectivity index (χ2n) is 3.72. The summed E-state index contributed by atoms with van der Waals surface area (Å²) < 4.78 is 0. The zero-order chi connectivity index (χ0) is 13.4. The molecule has 0 saturated carbocycles. The number of rotatable bonds is 6. The van der Waals surface area contributed by atoms with Crippen molar-refractivity contribution in [1.82, 2.24) is 5.32 Å². The van der Waals surface area contributed by atoms with E-state index in [1.54, 1.807) is 24.3 Å². The van der Waals surface area contributed by atoms with E-state index in [2.05, 4.69) is 16.0 Å². The molecular weight excluding hydrogens is 232 g/mol. The highest BCUT2D eigenvalue weighted by molar-refractivity contribution is 5.92. The molecule has 1 aromatic rings. The molecule has 0 heterocycles. The Morgan fingerprint density at radius 2 is 1.67 bits per heavy atom. The van der Waals surface area contributed by atoms with Crippen LogP contribution in [0.4, 0.5) is 16.2 Å². The number of hydrogen-bond acceptors (Lipinski definition) is 3. The summed E-state index contributed by atoms with van der Waals surface area (Å²) in [5.41, 5.74) is 6.26. The van der Waals surface area contributed by atoms with Crippen LogP contribution in [0.5, 0.6) is 0 Å². The molecule has 0 spiro atoms. The van der Waals surface area contributed by atoms with Crippen molar-refractivity contribution in [3.8, 4) is 0 Å². The Morgan fingerprint density at radius 1 is 1.11 bits per heavy atom. The van der Waals surface area contributed by atoms with E-state index in [0.29, 0.717) is 24.3 Å². The summed E-state index contributed by atoms with van der Waals surface area (Å²) in [5.74, 6) is -0.0495. The van der Waals surface area contributed by atoms with E-state index < -0.39 is 6.03 Å². The number of nitrogens with one attached hydrogen (secondary N) is 3. The van der Waals surface area contributed by atoms with Gasteiger partial charge in [-0.25, -0.2) is 4.79 Å². The molecule has 6 nitrogen and oxygen atoms in total. The summed E-state index contributed by atoms with van der Waals surface area (Å²) in [6.07, 6.45) is 0.426. The molecule has 18 heavy (non-hydrogen) atoms. The molecule has 1 rings (SSSR count). The number of primary amides is 1. The van der Waals surface area contributed by atoms with Gasteiger partial charge in [-0.3, -0.25) is 4.79 Å². The van der Waals surface area contributed by atoms with Crippen LogP contribution >= 0.6 is 0 Å². The van der Waals surface area contributed by atoms with Crippen LogP contribution in [0.3, 0.4) is 0 Å². The van der Waals surface area contributed by atoms with Crippen LogP contribution < -0.4 is 21.7 Å². The molecule has 0 radical (unpaired) electrons. The van der Waals surface area contributed by atoms with Crippen LogP contribution in [-0.4, -0.2) is 25.0 Å². The summed E-state index contributed by atoms with van der Waals surface area (Å²) in [4.78, 5) is 22.1. The molecule has 0 fully saturated rings. The molecule has 3 amide bonds. The van der Waals surface area contributed by atoms with Crippen LogP contribution in [0.1, 0.15) is 13.3 Å². The van der Waals surface area contributed by atoms with Gasteiger partial charge in [-0.1, -0.05) is 6.92 Å². The third kappa shape index (κ3) is 5.31. The number of benzene rings is 1. The Morgan fingerprint density at radius 3 is 2.17 bits per heavy atom. The molecule has 0 aliphatic carbocycles. The summed E-state index contributed by atoms with van der Waals surface area (Å²) in [6.45, 7) is 3.49.